The topological polar surface area (TPSA) is 21.3 Å². The van der Waals surface area contributed by atoms with E-state index in [1.54, 1.807) is 0 Å². The summed E-state index contributed by atoms with van der Waals surface area (Å²) in [6.07, 6.45) is 1.04. The number of benzene rings is 3. The van der Waals surface area contributed by atoms with Crippen LogP contribution in [0.1, 0.15) is 29.2 Å². The molecular weight excluding hydrogens is 374 g/mol. The second kappa shape index (κ2) is 9.54. The molecule has 1 N–H and O–H groups in total. The lowest BCUT2D eigenvalue weighted by atomic mass is 10.1. The Labute approximate surface area is 171 Å². The number of nitrogens with one attached hydrogen (secondary N) is 1. The molecule has 0 saturated heterocycles. The van der Waals surface area contributed by atoms with Crippen LogP contribution in [0.3, 0.4) is 0 Å². The molecule has 0 atom stereocenters. The van der Waals surface area contributed by atoms with Crippen molar-refractivity contribution in [3.05, 3.63) is 100 Å². The Morgan fingerprint density at radius 2 is 1.59 bits per heavy atom. The number of halogens is 1. The monoisotopic (exact) mass is 395 g/mol. The zero-order valence-corrected chi connectivity index (χ0v) is 16.8. The Hall–Kier alpha value is -2.36. The largest absolute Gasteiger partial charge is 0.488 e. The molecule has 0 fully saturated rings. The van der Waals surface area contributed by atoms with Crippen molar-refractivity contribution in [3.63, 3.8) is 0 Å². The van der Waals surface area contributed by atoms with Crippen LogP contribution in [0.15, 0.2) is 72.8 Å². The van der Waals surface area contributed by atoms with Crippen molar-refractivity contribution in [2.24, 2.45) is 0 Å². The van der Waals surface area contributed by atoms with Gasteiger partial charge in [-0.25, -0.2) is 0 Å². The summed E-state index contributed by atoms with van der Waals surface area (Å²) in [5.74, 6) is 0.747. The van der Waals surface area contributed by atoms with Gasteiger partial charge in [-0.1, -0.05) is 85.3 Å². The van der Waals surface area contributed by atoms with Crippen LogP contribution in [-0.2, 0) is 19.6 Å². The Kier molecular flexibility index (Phi) is 6.86. The molecule has 0 aliphatic carbocycles. The summed E-state index contributed by atoms with van der Waals surface area (Å²) in [6.45, 7) is 3.24. The van der Waals surface area contributed by atoms with Crippen molar-refractivity contribution in [2.75, 3.05) is 0 Å². The van der Waals surface area contributed by atoms with E-state index in [0.29, 0.717) is 23.2 Å². The number of hydrogen-bond acceptors (Lipinski definition) is 2. The lowest BCUT2D eigenvalue weighted by Crippen LogP contribution is -2.22. The first kappa shape index (κ1) is 19.4. The lowest BCUT2D eigenvalue weighted by molar-refractivity contribution is 0.305. The maximum absolute atomic E-state index is 6.21. The molecule has 0 unspecified atom stereocenters. The molecule has 3 rings (SSSR count). The summed E-state index contributed by atoms with van der Waals surface area (Å²) < 4.78 is 6.00. The minimum absolute atomic E-state index is 0.401. The van der Waals surface area contributed by atoms with Gasteiger partial charge in [0.15, 0.2) is 0 Å². The van der Waals surface area contributed by atoms with E-state index in [1.165, 1.54) is 11.1 Å². The first-order valence-electron chi connectivity index (χ1n) is 8.98. The maximum atomic E-state index is 6.21. The third kappa shape index (κ3) is 5.31. The van der Waals surface area contributed by atoms with Gasteiger partial charge < -0.3 is 10.1 Å². The fourth-order valence-corrected chi connectivity index (χ4v) is 3.15. The van der Waals surface area contributed by atoms with Crippen molar-refractivity contribution in [1.29, 1.82) is 0 Å². The van der Waals surface area contributed by atoms with Gasteiger partial charge in [0.25, 0.3) is 0 Å². The number of aryl methyl sites for hydroxylation is 1. The summed E-state index contributed by atoms with van der Waals surface area (Å²) in [4.78, 5) is 0.671. The summed E-state index contributed by atoms with van der Waals surface area (Å²) in [6, 6.07) is 24.1. The fraction of sp³-hybridized carbons (Fsp3) is 0.174. The van der Waals surface area contributed by atoms with Crippen LogP contribution < -0.4 is 10.1 Å². The molecule has 0 radical (unpaired) electrons. The van der Waals surface area contributed by atoms with Crippen LogP contribution in [-0.4, -0.2) is 4.99 Å². The van der Waals surface area contributed by atoms with Gasteiger partial charge in [-0.15, -0.1) is 0 Å². The predicted octanol–water partition coefficient (Wildman–Crippen LogP) is 5.95. The number of thiocarbonyl (C=S) groups is 1. The minimum atomic E-state index is 0.401. The highest BCUT2D eigenvalue weighted by Crippen LogP contribution is 2.22. The average molecular weight is 396 g/mol. The summed E-state index contributed by atoms with van der Waals surface area (Å²) in [7, 11) is 0. The van der Waals surface area contributed by atoms with E-state index in [4.69, 9.17) is 28.6 Å². The van der Waals surface area contributed by atoms with E-state index < -0.39 is 0 Å². The van der Waals surface area contributed by atoms with Gasteiger partial charge in [-0.05, 0) is 35.7 Å². The van der Waals surface area contributed by atoms with Crippen LogP contribution in [0, 0.1) is 0 Å². The number of hydrogen-bond donors (Lipinski definition) is 1. The molecule has 138 valence electrons. The van der Waals surface area contributed by atoms with E-state index in [1.807, 2.05) is 48.5 Å². The molecule has 0 aliphatic heterocycles. The number of ether oxygens (including phenoxy) is 1. The summed E-state index contributed by atoms with van der Waals surface area (Å²) in [5.41, 5.74) is 4.36. The van der Waals surface area contributed by atoms with Crippen molar-refractivity contribution in [3.8, 4) is 5.75 Å². The quantitative estimate of drug-likeness (QED) is 0.499. The van der Waals surface area contributed by atoms with Gasteiger partial charge in [0.1, 0.15) is 17.3 Å². The second-order valence-electron chi connectivity index (χ2n) is 6.23. The van der Waals surface area contributed by atoms with Gasteiger partial charge in [-0.3, -0.25) is 0 Å². The van der Waals surface area contributed by atoms with Gasteiger partial charge >= 0.3 is 0 Å². The van der Waals surface area contributed by atoms with E-state index in [9.17, 15) is 0 Å². The van der Waals surface area contributed by atoms with Gasteiger partial charge in [0.2, 0.25) is 0 Å². The third-order valence-corrected chi connectivity index (χ3v) is 5.09. The van der Waals surface area contributed by atoms with E-state index in [0.717, 1.165) is 23.3 Å². The van der Waals surface area contributed by atoms with Crippen molar-refractivity contribution in [1.82, 2.24) is 5.32 Å². The van der Waals surface area contributed by atoms with Crippen LogP contribution in [0.2, 0.25) is 5.02 Å². The predicted molar refractivity (Wildman–Crippen MR) is 117 cm³/mol. The van der Waals surface area contributed by atoms with Crippen LogP contribution in [0.25, 0.3) is 0 Å². The highest BCUT2D eigenvalue weighted by molar-refractivity contribution is 7.80. The highest BCUT2D eigenvalue weighted by atomic mass is 35.5. The molecular formula is C23H22ClNOS. The zero-order valence-electron chi connectivity index (χ0n) is 15.2. The Bertz CT molecular complexity index is 908. The standard InChI is InChI=1S/C23H22ClNOS/c1-2-17-11-13-18(14-12-17)15-25-23(27)20-8-4-6-10-22(20)26-16-19-7-3-5-9-21(19)24/h3-14H,2,15-16H2,1H3,(H,25,27). The zero-order chi connectivity index (χ0) is 19.1. The minimum Gasteiger partial charge on any atom is -0.488 e. The molecule has 0 heterocycles. The number of para-hydroxylation sites is 1. The average Bonchev–Trinajstić information content (AvgIpc) is 2.72. The Morgan fingerprint density at radius 1 is 0.926 bits per heavy atom. The lowest BCUT2D eigenvalue weighted by Gasteiger charge is -2.14. The molecule has 0 saturated carbocycles. The SMILES string of the molecule is CCc1ccc(CNC(=S)c2ccccc2OCc2ccccc2Cl)cc1. The molecule has 27 heavy (non-hydrogen) atoms. The third-order valence-electron chi connectivity index (χ3n) is 4.36. The second-order valence-corrected chi connectivity index (χ2v) is 7.04. The molecule has 0 amide bonds. The van der Waals surface area contributed by atoms with Crippen molar-refractivity contribution >= 4 is 28.8 Å². The maximum Gasteiger partial charge on any atom is 0.129 e. The normalized spacial score (nSPS) is 10.4. The summed E-state index contributed by atoms with van der Waals surface area (Å²) >= 11 is 11.8. The molecule has 3 aromatic rings. The van der Waals surface area contributed by atoms with Gasteiger partial charge in [0.05, 0.1) is 5.56 Å². The van der Waals surface area contributed by atoms with Gasteiger partial charge in [0, 0.05) is 17.1 Å². The van der Waals surface area contributed by atoms with Crippen LogP contribution in [0.5, 0.6) is 5.75 Å². The molecule has 0 aromatic heterocycles. The molecule has 3 aromatic carbocycles. The molecule has 0 spiro atoms. The first-order valence-corrected chi connectivity index (χ1v) is 9.77. The molecule has 4 heteroatoms. The molecule has 0 bridgehead atoms. The fourth-order valence-electron chi connectivity index (χ4n) is 2.72. The van der Waals surface area contributed by atoms with E-state index >= 15 is 0 Å². The van der Waals surface area contributed by atoms with E-state index in [-0.39, 0.29) is 0 Å². The van der Waals surface area contributed by atoms with Crippen LogP contribution in [0.4, 0.5) is 0 Å². The first-order chi connectivity index (χ1) is 13.2. The highest BCUT2D eigenvalue weighted by Gasteiger charge is 2.09. The van der Waals surface area contributed by atoms with Crippen LogP contribution >= 0.6 is 23.8 Å². The van der Waals surface area contributed by atoms with Crippen molar-refractivity contribution in [2.45, 2.75) is 26.5 Å². The molecule has 0 aliphatic rings. The smallest absolute Gasteiger partial charge is 0.129 e. The van der Waals surface area contributed by atoms with Crippen molar-refractivity contribution < 1.29 is 4.74 Å². The van der Waals surface area contributed by atoms with E-state index in [2.05, 4.69) is 36.5 Å². The Balaban J connectivity index is 1.65. The number of rotatable bonds is 7. The summed E-state index contributed by atoms with van der Waals surface area (Å²) in [5, 5.41) is 4.03. The molecule has 2 nitrogen and oxygen atoms in total. The Morgan fingerprint density at radius 3 is 2.33 bits per heavy atom. The van der Waals surface area contributed by atoms with Gasteiger partial charge in [-0.2, -0.15) is 0 Å².